The van der Waals surface area contributed by atoms with Crippen LogP contribution in [0.4, 0.5) is 10.1 Å². The minimum atomic E-state index is -0.634. The van der Waals surface area contributed by atoms with Crippen molar-refractivity contribution in [3.05, 3.63) is 100 Å². The summed E-state index contributed by atoms with van der Waals surface area (Å²) in [6.45, 7) is 7.18. The van der Waals surface area contributed by atoms with E-state index in [1.807, 2.05) is 35.2 Å². The van der Waals surface area contributed by atoms with Crippen LogP contribution in [0.25, 0.3) is 6.08 Å². The van der Waals surface area contributed by atoms with Gasteiger partial charge in [-0.3, -0.25) is 34.2 Å². The molecule has 328 valence electrons. The molecule has 13 nitrogen and oxygen atoms in total. The van der Waals surface area contributed by atoms with Crippen molar-refractivity contribution in [2.45, 2.75) is 83.2 Å². The van der Waals surface area contributed by atoms with E-state index in [4.69, 9.17) is 0 Å². The lowest BCUT2D eigenvalue weighted by Crippen LogP contribution is -2.52. The van der Waals surface area contributed by atoms with Crippen LogP contribution in [0.3, 0.4) is 0 Å². The van der Waals surface area contributed by atoms with Gasteiger partial charge in [0.25, 0.3) is 17.7 Å². The molecule has 3 aromatic rings. The van der Waals surface area contributed by atoms with Gasteiger partial charge in [-0.25, -0.2) is 4.98 Å². The number of unbranched alkanes of at least 4 members (excludes halogenated alkanes) is 4. The molecule has 3 fully saturated rings. The van der Waals surface area contributed by atoms with Gasteiger partial charge >= 0.3 is 0 Å². The highest BCUT2D eigenvalue weighted by atomic mass is 19.1. The topological polar surface area (TPSA) is 159 Å². The average Bonchev–Trinajstić information content (AvgIpc) is 3.64. The number of nitriles is 1. The maximum atomic E-state index is 13.4. The molecule has 0 spiro atoms. The number of halogens is 1. The average molecular weight is 855 g/mol. The molecule has 5 heterocycles. The van der Waals surface area contributed by atoms with E-state index >= 15 is 0 Å². The molecule has 0 aliphatic carbocycles. The van der Waals surface area contributed by atoms with E-state index in [2.05, 4.69) is 49.4 Å². The normalized spacial score (nSPS) is 18.3. The standard InChI is InChI=1S/C49H55FN8O5/c50-44-19-13-36(33-53-44)31-39(32-51)46(60)52-23-6-5-9-35-21-25-57(26-22-35)48(62)38-14-16-40(17-15-38)56-29-27-55(28-30-56)24-7-3-1-2-4-10-37-11-8-12-41-42(37)34-58(49(41)63)43-18-20-45(59)54-47(43)61/h8,11-17,19,31,33,35,43H,1-3,5-7,9,18,20-30,34H2,(H,52,60)(H,54,59,61)/b39-31+. The second-order valence-electron chi connectivity index (χ2n) is 16.8. The number of fused-ring (bicyclic) bond motifs is 1. The van der Waals surface area contributed by atoms with E-state index in [1.165, 1.54) is 24.4 Å². The fraction of sp³-hybridized carbons (Fsp3) is 0.449. The molecule has 1 unspecified atom stereocenters. The predicted molar refractivity (Wildman–Crippen MR) is 236 cm³/mol. The van der Waals surface area contributed by atoms with Crippen LogP contribution in [0, 0.1) is 35.0 Å². The molecule has 2 aromatic carbocycles. The lowest BCUT2D eigenvalue weighted by molar-refractivity contribution is -0.137. The molecule has 4 aliphatic rings. The molecular weight excluding hydrogens is 800 g/mol. The molecule has 1 aromatic heterocycles. The van der Waals surface area contributed by atoms with Crippen molar-refractivity contribution in [3.8, 4) is 17.9 Å². The van der Waals surface area contributed by atoms with Crippen molar-refractivity contribution >= 4 is 41.3 Å². The van der Waals surface area contributed by atoms with Gasteiger partial charge in [0.15, 0.2) is 0 Å². The van der Waals surface area contributed by atoms with E-state index in [1.54, 1.807) is 11.0 Å². The minimum Gasteiger partial charge on any atom is -0.369 e. The lowest BCUT2D eigenvalue weighted by atomic mass is 9.91. The number of carbonyl (C=O) groups excluding carboxylic acids is 5. The Bertz CT molecular complexity index is 2280. The summed E-state index contributed by atoms with van der Waals surface area (Å²) in [6.07, 6.45) is 11.9. The Labute approximate surface area is 368 Å². The van der Waals surface area contributed by atoms with Crippen LogP contribution in [0.1, 0.15) is 108 Å². The van der Waals surface area contributed by atoms with Gasteiger partial charge in [0.2, 0.25) is 17.8 Å². The van der Waals surface area contributed by atoms with Crippen LogP contribution in [0.15, 0.2) is 66.4 Å². The van der Waals surface area contributed by atoms with Crippen molar-refractivity contribution in [1.82, 2.24) is 30.3 Å². The number of anilines is 1. The molecule has 3 saturated heterocycles. The number of piperazine rings is 1. The highest BCUT2D eigenvalue weighted by molar-refractivity contribution is 6.05. The Morgan fingerprint density at radius 2 is 1.70 bits per heavy atom. The van der Waals surface area contributed by atoms with Gasteiger partial charge in [0, 0.05) is 93.8 Å². The zero-order valence-electron chi connectivity index (χ0n) is 35.8. The highest BCUT2D eigenvalue weighted by Crippen LogP contribution is 2.30. The monoisotopic (exact) mass is 854 g/mol. The third-order valence-corrected chi connectivity index (χ3v) is 12.6. The SMILES string of the molecule is N#C/C(=C\c1ccc(F)nc1)C(=O)NCCCCC1CCN(C(=O)c2ccc(N3CCN(CCCCCC#Cc4cccc5c4CN(C4CCC(=O)NC4=O)C5=O)CC3)cc2)CC1. The minimum absolute atomic E-state index is 0.0483. The van der Waals surface area contributed by atoms with E-state index in [0.29, 0.717) is 36.6 Å². The summed E-state index contributed by atoms with van der Waals surface area (Å²) in [6, 6.07) is 17.5. The summed E-state index contributed by atoms with van der Waals surface area (Å²) in [7, 11) is 0. The maximum Gasteiger partial charge on any atom is 0.261 e. The Balaban J connectivity index is 0.743. The molecule has 2 N–H and O–H groups in total. The van der Waals surface area contributed by atoms with Gasteiger partial charge in [-0.15, -0.1) is 0 Å². The zero-order valence-corrected chi connectivity index (χ0v) is 35.8. The Morgan fingerprint density at radius 3 is 2.43 bits per heavy atom. The Kier molecular flexibility index (Phi) is 15.3. The van der Waals surface area contributed by atoms with Gasteiger partial charge in [-0.2, -0.15) is 9.65 Å². The summed E-state index contributed by atoms with van der Waals surface area (Å²) in [4.78, 5) is 74.9. The van der Waals surface area contributed by atoms with Crippen molar-refractivity contribution in [3.63, 3.8) is 0 Å². The first kappa shape index (κ1) is 44.7. The molecule has 1 atom stereocenters. The number of pyridine rings is 1. The molecule has 0 bridgehead atoms. The predicted octanol–water partition coefficient (Wildman–Crippen LogP) is 5.46. The zero-order chi connectivity index (χ0) is 44.1. The number of imide groups is 1. The summed E-state index contributed by atoms with van der Waals surface area (Å²) >= 11 is 0. The van der Waals surface area contributed by atoms with Gasteiger partial charge < -0.3 is 20.0 Å². The van der Waals surface area contributed by atoms with Crippen LogP contribution in [0.5, 0.6) is 0 Å². The molecule has 5 amide bonds. The van der Waals surface area contributed by atoms with Gasteiger partial charge in [0.1, 0.15) is 17.7 Å². The van der Waals surface area contributed by atoms with E-state index < -0.39 is 23.8 Å². The Morgan fingerprint density at radius 1 is 0.905 bits per heavy atom. The van der Waals surface area contributed by atoms with E-state index in [9.17, 15) is 33.6 Å². The largest absolute Gasteiger partial charge is 0.369 e. The fourth-order valence-corrected chi connectivity index (χ4v) is 8.88. The van der Waals surface area contributed by atoms with Crippen LogP contribution in [-0.2, 0) is 20.9 Å². The second kappa shape index (κ2) is 21.6. The first-order chi connectivity index (χ1) is 30.7. The summed E-state index contributed by atoms with van der Waals surface area (Å²) in [5.41, 5.74) is 4.56. The van der Waals surface area contributed by atoms with Crippen LogP contribution in [-0.4, -0.2) is 108 Å². The number of nitrogens with zero attached hydrogens (tertiary/aromatic N) is 6. The van der Waals surface area contributed by atoms with Crippen molar-refractivity contribution in [2.24, 2.45) is 5.92 Å². The fourth-order valence-electron chi connectivity index (χ4n) is 8.88. The number of nitrogens with one attached hydrogen (secondary N) is 2. The summed E-state index contributed by atoms with van der Waals surface area (Å²) in [5, 5.41) is 14.5. The first-order valence-corrected chi connectivity index (χ1v) is 22.3. The number of piperidine rings is 2. The Hall–Kier alpha value is -6.38. The molecule has 14 heteroatoms. The lowest BCUT2D eigenvalue weighted by Gasteiger charge is -2.36. The second-order valence-corrected chi connectivity index (χ2v) is 16.8. The number of likely N-dealkylation sites (tertiary alicyclic amines) is 1. The molecule has 7 rings (SSSR count). The number of amides is 5. The first-order valence-electron chi connectivity index (χ1n) is 22.3. The van der Waals surface area contributed by atoms with Gasteiger partial charge in [-0.1, -0.05) is 37.2 Å². The number of rotatable bonds is 15. The number of hydrogen-bond donors (Lipinski definition) is 2. The summed E-state index contributed by atoms with van der Waals surface area (Å²) < 4.78 is 13.1. The van der Waals surface area contributed by atoms with E-state index in [-0.39, 0.29) is 29.7 Å². The molecular formula is C49H55FN8O5. The number of benzene rings is 2. The quantitative estimate of drug-likeness (QED) is 0.0506. The third-order valence-electron chi connectivity index (χ3n) is 12.6. The number of aromatic nitrogens is 1. The van der Waals surface area contributed by atoms with Crippen LogP contribution < -0.4 is 15.5 Å². The molecule has 63 heavy (non-hydrogen) atoms. The van der Waals surface area contributed by atoms with Crippen molar-refractivity contribution in [2.75, 3.05) is 57.3 Å². The summed E-state index contributed by atoms with van der Waals surface area (Å²) in [5.74, 6) is 5.21. The molecule has 4 aliphatic heterocycles. The van der Waals surface area contributed by atoms with Crippen LogP contribution >= 0.6 is 0 Å². The highest BCUT2D eigenvalue weighted by Gasteiger charge is 2.39. The smallest absolute Gasteiger partial charge is 0.261 e. The molecule has 0 radical (unpaired) electrons. The van der Waals surface area contributed by atoms with Gasteiger partial charge in [0.05, 0.1) is 0 Å². The third kappa shape index (κ3) is 11.8. The maximum absolute atomic E-state index is 13.4. The number of hydrogen-bond acceptors (Lipinski definition) is 9. The van der Waals surface area contributed by atoms with Crippen molar-refractivity contribution in [1.29, 1.82) is 5.26 Å². The molecule has 0 saturated carbocycles. The van der Waals surface area contributed by atoms with Gasteiger partial charge in [-0.05, 0) is 117 Å². The van der Waals surface area contributed by atoms with Crippen molar-refractivity contribution < 1.29 is 28.4 Å². The van der Waals surface area contributed by atoms with Crippen LogP contribution in [0.2, 0.25) is 0 Å². The number of carbonyl (C=O) groups is 5. The van der Waals surface area contributed by atoms with E-state index in [0.717, 1.165) is 126 Å².